The minimum atomic E-state index is -4.69. The Morgan fingerprint density at radius 3 is 2.31 bits per heavy atom. The second-order valence-electron chi connectivity index (χ2n) is 9.68. The number of rotatable bonds is 10. The van der Waals surface area contributed by atoms with Gasteiger partial charge in [0.25, 0.3) is 0 Å². The first-order valence-corrected chi connectivity index (χ1v) is 11.6. The number of aliphatic imine (C=N–C) groups is 1. The fourth-order valence-electron chi connectivity index (χ4n) is 4.18. The van der Waals surface area contributed by atoms with Crippen molar-refractivity contribution in [2.24, 2.45) is 4.99 Å². The number of carbonyl (C=O) groups excluding carboxylic acids is 1. The molecule has 0 aliphatic carbocycles. The van der Waals surface area contributed by atoms with E-state index in [-0.39, 0.29) is 34.7 Å². The molecule has 0 saturated carbocycles. The Balaban J connectivity index is 2.33. The van der Waals surface area contributed by atoms with Gasteiger partial charge in [-0.2, -0.15) is 13.2 Å². The highest BCUT2D eigenvalue weighted by atomic mass is 19.4. The van der Waals surface area contributed by atoms with Crippen LogP contribution in [0.5, 0.6) is 0 Å². The first kappa shape index (κ1) is 28.4. The maximum absolute atomic E-state index is 13.9. The zero-order valence-corrected chi connectivity index (χ0v) is 21.3. The zero-order valence-electron chi connectivity index (χ0n) is 21.3. The van der Waals surface area contributed by atoms with Crippen LogP contribution in [0.15, 0.2) is 52.0 Å². The van der Waals surface area contributed by atoms with Crippen molar-refractivity contribution in [3.8, 4) is 0 Å². The number of quaternary nitrogens is 1. The summed E-state index contributed by atoms with van der Waals surface area (Å²) in [5.41, 5.74) is -0.937. The highest BCUT2D eigenvalue weighted by Crippen LogP contribution is 2.44. The average Bonchev–Trinajstić information content (AvgIpc) is 2.76. The van der Waals surface area contributed by atoms with Gasteiger partial charge in [-0.15, -0.1) is 0 Å². The van der Waals surface area contributed by atoms with Crippen molar-refractivity contribution < 1.29 is 37.0 Å². The standard InChI is InChI=1S/C26H35F3N2O4/c1-17-21(24(32)34-6)23(19-13-9-10-14-20(19)26(27,28)29)22(18(2)30-17)25(33)35-16-12-8-7-11-15-31(3,4)5/h9-10,13-14,23H,7-8,11-12,15-16H2,1-6H3. The topological polar surface area (TPSA) is 71.0 Å². The van der Waals surface area contributed by atoms with E-state index in [1.165, 1.54) is 32.0 Å². The van der Waals surface area contributed by atoms with Crippen LogP contribution < -0.4 is 5.11 Å². The van der Waals surface area contributed by atoms with Crippen LogP contribution in [0.2, 0.25) is 0 Å². The lowest BCUT2D eigenvalue weighted by Gasteiger charge is -2.32. The van der Waals surface area contributed by atoms with Crippen LogP contribution in [0.1, 0.15) is 56.6 Å². The Morgan fingerprint density at radius 1 is 1.09 bits per heavy atom. The summed E-state index contributed by atoms with van der Waals surface area (Å²) in [6.07, 6.45) is -1.16. The van der Waals surface area contributed by atoms with Crippen molar-refractivity contribution >= 4 is 11.7 Å². The number of benzene rings is 1. The van der Waals surface area contributed by atoms with Gasteiger partial charge in [-0.1, -0.05) is 18.2 Å². The summed E-state index contributed by atoms with van der Waals surface area (Å²) in [4.78, 5) is 17.4. The monoisotopic (exact) mass is 496 g/mol. The summed E-state index contributed by atoms with van der Waals surface area (Å²) in [6, 6.07) is 4.90. The Labute approximate surface area is 205 Å². The molecule has 0 saturated heterocycles. The molecule has 1 heterocycles. The van der Waals surface area contributed by atoms with Crippen molar-refractivity contribution in [3.63, 3.8) is 0 Å². The van der Waals surface area contributed by atoms with E-state index >= 15 is 0 Å². The molecule has 0 radical (unpaired) electrons. The molecule has 0 bridgehead atoms. The predicted molar refractivity (Wildman–Crippen MR) is 126 cm³/mol. The molecule has 9 heteroatoms. The van der Waals surface area contributed by atoms with E-state index in [0.717, 1.165) is 43.5 Å². The number of halogens is 3. The highest BCUT2D eigenvalue weighted by molar-refractivity contribution is 6.06. The Kier molecular flexibility index (Phi) is 9.54. The molecule has 1 aliphatic rings. The number of alkyl halides is 3. The van der Waals surface area contributed by atoms with Crippen molar-refractivity contribution in [1.82, 2.24) is 0 Å². The van der Waals surface area contributed by atoms with Gasteiger partial charge in [0.2, 0.25) is 0 Å². The molecule has 1 aliphatic heterocycles. The summed E-state index contributed by atoms with van der Waals surface area (Å²) in [5, 5.41) is 12.6. The van der Waals surface area contributed by atoms with E-state index in [1.54, 1.807) is 0 Å². The van der Waals surface area contributed by atoms with E-state index in [4.69, 9.17) is 9.47 Å². The lowest BCUT2D eigenvalue weighted by Crippen LogP contribution is -2.35. The molecule has 1 atom stereocenters. The molecule has 2 rings (SSSR count). The Hall–Kier alpha value is -2.81. The highest BCUT2D eigenvalue weighted by Gasteiger charge is 2.41. The Morgan fingerprint density at radius 2 is 1.71 bits per heavy atom. The fourth-order valence-corrected chi connectivity index (χ4v) is 4.18. The first-order valence-electron chi connectivity index (χ1n) is 11.6. The number of unbranched alkanes of at least 4 members (excludes halogenated alkanes) is 3. The molecular formula is C26H35F3N2O4. The summed E-state index contributed by atoms with van der Waals surface area (Å²) in [7, 11) is 7.51. The second kappa shape index (κ2) is 11.7. The third-order valence-corrected chi connectivity index (χ3v) is 5.85. The van der Waals surface area contributed by atoms with Crippen LogP contribution in [-0.4, -0.2) is 57.6 Å². The van der Waals surface area contributed by atoms with Gasteiger partial charge in [-0.3, -0.25) is 4.99 Å². The van der Waals surface area contributed by atoms with Crippen LogP contribution in [0.3, 0.4) is 0 Å². The number of carbonyl (C=O) groups is 1. The molecule has 35 heavy (non-hydrogen) atoms. The van der Waals surface area contributed by atoms with Crippen molar-refractivity contribution in [3.05, 3.63) is 58.2 Å². The molecule has 0 fully saturated rings. The summed E-state index contributed by atoms with van der Waals surface area (Å²) < 4.78 is 52.8. The molecule has 1 unspecified atom stereocenters. The van der Waals surface area contributed by atoms with Crippen LogP contribution in [0.25, 0.3) is 0 Å². The molecule has 1 aromatic rings. The van der Waals surface area contributed by atoms with Gasteiger partial charge in [-0.05, 0) is 58.3 Å². The molecular weight excluding hydrogens is 461 g/mol. The van der Waals surface area contributed by atoms with Gasteiger partial charge >= 0.3 is 12.1 Å². The number of hydrogen-bond acceptors (Lipinski definition) is 5. The first-order chi connectivity index (χ1) is 16.3. The van der Waals surface area contributed by atoms with Crippen molar-refractivity contribution in [1.29, 1.82) is 0 Å². The zero-order chi connectivity index (χ0) is 26.4. The number of esters is 1. The normalized spacial score (nSPS) is 18.3. The quantitative estimate of drug-likeness (QED) is 0.206. The third kappa shape index (κ3) is 7.59. The van der Waals surface area contributed by atoms with Crippen LogP contribution in [0, 0.1) is 0 Å². The smallest absolute Gasteiger partial charge is 0.416 e. The minimum Gasteiger partial charge on any atom is -0.616 e. The van der Waals surface area contributed by atoms with Crippen LogP contribution in [-0.2, 0) is 20.4 Å². The van der Waals surface area contributed by atoms with Gasteiger partial charge in [0.05, 0.1) is 51.4 Å². The maximum atomic E-state index is 13.9. The van der Waals surface area contributed by atoms with Crippen LogP contribution in [0.4, 0.5) is 13.2 Å². The van der Waals surface area contributed by atoms with Gasteiger partial charge in [0.15, 0.2) is 0 Å². The SMILES string of the molecule is CO/C([O-])=C1\C(C)=NC(C)=C(C(=O)OCCCCCC[N+](C)(C)C)C1c1ccccc1C(F)(F)F. The molecule has 1 aromatic carbocycles. The minimum absolute atomic E-state index is 0.0854. The van der Waals surface area contributed by atoms with Crippen molar-refractivity contribution in [2.75, 3.05) is 41.4 Å². The van der Waals surface area contributed by atoms with E-state index in [1.807, 2.05) is 0 Å². The van der Waals surface area contributed by atoms with Gasteiger partial charge < -0.3 is 19.1 Å². The number of ether oxygens (including phenoxy) is 2. The molecule has 0 N–H and O–H groups in total. The van der Waals surface area contributed by atoms with Gasteiger partial charge in [-0.25, -0.2) is 4.79 Å². The van der Waals surface area contributed by atoms with E-state index < -0.39 is 29.6 Å². The Bertz CT molecular complexity index is 1000. The number of nitrogens with zero attached hydrogens (tertiary/aromatic N) is 2. The molecule has 0 amide bonds. The molecule has 0 aromatic heterocycles. The van der Waals surface area contributed by atoms with E-state index in [2.05, 4.69) is 26.1 Å². The largest absolute Gasteiger partial charge is 0.616 e. The maximum Gasteiger partial charge on any atom is 0.416 e. The lowest BCUT2D eigenvalue weighted by atomic mass is 9.78. The lowest BCUT2D eigenvalue weighted by molar-refractivity contribution is -0.870. The molecule has 6 nitrogen and oxygen atoms in total. The number of allylic oxidation sites excluding steroid dienone is 2. The fraction of sp³-hybridized carbons (Fsp3) is 0.538. The number of hydrogen-bond donors (Lipinski definition) is 0. The van der Waals surface area contributed by atoms with Crippen molar-refractivity contribution in [2.45, 2.75) is 51.6 Å². The second-order valence-corrected chi connectivity index (χ2v) is 9.68. The van der Waals surface area contributed by atoms with Crippen LogP contribution >= 0.6 is 0 Å². The molecule has 194 valence electrons. The summed E-state index contributed by atoms with van der Waals surface area (Å²) in [5.74, 6) is -2.94. The summed E-state index contributed by atoms with van der Waals surface area (Å²) in [6.45, 7) is 4.21. The average molecular weight is 497 g/mol. The molecule has 0 spiro atoms. The van der Waals surface area contributed by atoms with E-state index in [0.29, 0.717) is 6.42 Å². The van der Waals surface area contributed by atoms with Gasteiger partial charge in [0, 0.05) is 22.9 Å². The predicted octanol–water partition coefficient (Wildman–Crippen LogP) is 4.57. The number of methoxy groups -OCH3 is 1. The third-order valence-electron chi connectivity index (χ3n) is 5.85. The van der Waals surface area contributed by atoms with E-state index in [9.17, 15) is 23.1 Å². The van der Waals surface area contributed by atoms with Gasteiger partial charge in [0.1, 0.15) is 0 Å². The summed E-state index contributed by atoms with van der Waals surface area (Å²) >= 11 is 0.